The smallest absolute Gasteiger partial charge is 0.241 e. The number of rotatable bonds is 2. The van der Waals surface area contributed by atoms with Crippen molar-refractivity contribution in [3.63, 3.8) is 0 Å². The molecule has 5 N–H and O–H groups in total. The van der Waals surface area contributed by atoms with E-state index < -0.39 is 5.91 Å². The van der Waals surface area contributed by atoms with Crippen LogP contribution in [0.2, 0.25) is 0 Å². The van der Waals surface area contributed by atoms with Gasteiger partial charge in [0, 0.05) is 23.4 Å². The fourth-order valence-electron chi connectivity index (χ4n) is 0.874. The third-order valence-electron chi connectivity index (χ3n) is 1.48. The van der Waals surface area contributed by atoms with Gasteiger partial charge < -0.3 is 16.6 Å². The highest BCUT2D eigenvalue weighted by atomic mass is 16.3. The van der Waals surface area contributed by atoms with Gasteiger partial charge in [0.15, 0.2) is 0 Å². The Hall–Kier alpha value is -1.97. The van der Waals surface area contributed by atoms with Crippen LogP contribution >= 0.6 is 0 Å². The first-order valence-electron chi connectivity index (χ1n) is 3.65. The molecule has 0 aliphatic heterocycles. The number of carbonyl (C=O) groups excluding carboxylic acids is 1. The topological polar surface area (TPSA) is 89.3 Å². The zero-order valence-electron chi connectivity index (χ0n) is 6.90. The van der Waals surface area contributed by atoms with Crippen LogP contribution in [0, 0.1) is 0 Å². The summed E-state index contributed by atoms with van der Waals surface area (Å²) in [5, 5.41) is 9.32. The Labute approximate surface area is 75.5 Å². The second-order valence-corrected chi connectivity index (χ2v) is 2.55. The highest BCUT2D eigenvalue weighted by molar-refractivity contribution is 5.90. The minimum Gasteiger partial charge on any atom is -0.507 e. The molecular weight excluding hydrogens is 168 g/mol. The Bertz CT molecular complexity index is 359. The fraction of sp³-hybridized carbons (Fsp3) is 0. The van der Waals surface area contributed by atoms with Crippen molar-refractivity contribution in [2.75, 3.05) is 5.73 Å². The van der Waals surface area contributed by atoms with E-state index in [9.17, 15) is 9.90 Å². The number of nitrogen functional groups attached to an aromatic ring is 1. The Morgan fingerprint density at radius 1 is 1.46 bits per heavy atom. The maximum atomic E-state index is 10.4. The average Bonchev–Trinajstić information content (AvgIpc) is 2.02. The SMILES string of the molecule is NC(=O)/C=C/c1ccc(N)cc1O. The van der Waals surface area contributed by atoms with Gasteiger partial charge in [-0.1, -0.05) is 0 Å². The Kier molecular flexibility index (Phi) is 2.54. The van der Waals surface area contributed by atoms with Gasteiger partial charge in [0.2, 0.25) is 5.91 Å². The highest BCUT2D eigenvalue weighted by Crippen LogP contribution is 2.20. The molecule has 0 unspecified atom stereocenters. The van der Waals surface area contributed by atoms with Crippen molar-refractivity contribution in [1.29, 1.82) is 0 Å². The molecule has 0 atom stereocenters. The number of benzene rings is 1. The molecule has 1 aromatic rings. The summed E-state index contributed by atoms with van der Waals surface area (Å²) < 4.78 is 0. The van der Waals surface area contributed by atoms with E-state index >= 15 is 0 Å². The second-order valence-electron chi connectivity index (χ2n) is 2.55. The van der Waals surface area contributed by atoms with Gasteiger partial charge in [0.25, 0.3) is 0 Å². The summed E-state index contributed by atoms with van der Waals surface area (Å²) in [7, 11) is 0. The number of amides is 1. The maximum Gasteiger partial charge on any atom is 0.241 e. The van der Waals surface area contributed by atoms with Crippen LogP contribution in [0.4, 0.5) is 5.69 Å². The molecule has 0 fully saturated rings. The van der Waals surface area contributed by atoms with Crippen LogP contribution in [-0.2, 0) is 4.79 Å². The van der Waals surface area contributed by atoms with Gasteiger partial charge in [-0.25, -0.2) is 0 Å². The summed E-state index contributed by atoms with van der Waals surface area (Å²) >= 11 is 0. The number of phenolic OH excluding ortho intramolecular Hbond substituents is 1. The minimum absolute atomic E-state index is 0.0255. The lowest BCUT2D eigenvalue weighted by Gasteiger charge is -1.99. The van der Waals surface area contributed by atoms with Crippen LogP contribution in [-0.4, -0.2) is 11.0 Å². The van der Waals surface area contributed by atoms with Crippen molar-refractivity contribution < 1.29 is 9.90 Å². The molecule has 0 radical (unpaired) electrons. The minimum atomic E-state index is -0.559. The van der Waals surface area contributed by atoms with Gasteiger partial charge in [-0.2, -0.15) is 0 Å². The normalized spacial score (nSPS) is 10.5. The van der Waals surface area contributed by atoms with Gasteiger partial charge in [-0.05, 0) is 18.2 Å². The van der Waals surface area contributed by atoms with E-state index in [1.54, 1.807) is 12.1 Å². The summed E-state index contributed by atoms with van der Waals surface area (Å²) in [6, 6.07) is 4.63. The van der Waals surface area contributed by atoms with Crippen molar-refractivity contribution in [1.82, 2.24) is 0 Å². The molecule has 4 heteroatoms. The Morgan fingerprint density at radius 3 is 2.69 bits per heavy atom. The summed E-state index contributed by atoms with van der Waals surface area (Å²) in [5.74, 6) is -0.534. The molecule has 1 amide bonds. The van der Waals surface area contributed by atoms with E-state index in [1.165, 1.54) is 18.2 Å². The summed E-state index contributed by atoms with van der Waals surface area (Å²) in [5.41, 5.74) is 11.3. The van der Waals surface area contributed by atoms with Crippen LogP contribution in [0.25, 0.3) is 6.08 Å². The lowest BCUT2D eigenvalue weighted by molar-refractivity contribution is -0.113. The van der Waals surface area contributed by atoms with E-state index in [1.807, 2.05) is 0 Å². The molecular formula is C9H10N2O2. The Morgan fingerprint density at radius 2 is 2.15 bits per heavy atom. The molecule has 1 aromatic carbocycles. The number of aromatic hydroxyl groups is 1. The zero-order chi connectivity index (χ0) is 9.84. The number of hydrogen-bond donors (Lipinski definition) is 3. The highest BCUT2D eigenvalue weighted by Gasteiger charge is 1.97. The molecule has 0 saturated carbocycles. The third kappa shape index (κ3) is 2.52. The molecule has 1 rings (SSSR count). The van der Waals surface area contributed by atoms with Gasteiger partial charge in [0.05, 0.1) is 0 Å². The monoisotopic (exact) mass is 178 g/mol. The van der Waals surface area contributed by atoms with Gasteiger partial charge >= 0.3 is 0 Å². The van der Waals surface area contributed by atoms with Crippen LogP contribution in [0.15, 0.2) is 24.3 Å². The van der Waals surface area contributed by atoms with Gasteiger partial charge in [-0.3, -0.25) is 4.79 Å². The number of nitrogens with two attached hydrogens (primary N) is 2. The quantitative estimate of drug-likeness (QED) is 0.454. The standard InChI is InChI=1S/C9H10N2O2/c10-7-3-1-6(8(12)5-7)2-4-9(11)13/h1-5,12H,10H2,(H2,11,13)/b4-2+. The molecule has 0 aliphatic carbocycles. The van der Waals surface area contributed by atoms with Gasteiger partial charge in [0.1, 0.15) is 5.75 Å². The predicted molar refractivity (Wildman–Crippen MR) is 50.7 cm³/mol. The number of primary amides is 1. The molecule has 0 bridgehead atoms. The van der Waals surface area contributed by atoms with E-state index in [0.29, 0.717) is 11.3 Å². The average molecular weight is 178 g/mol. The Balaban J connectivity index is 2.96. The van der Waals surface area contributed by atoms with Crippen molar-refractivity contribution in [3.8, 4) is 5.75 Å². The van der Waals surface area contributed by atoms with E-state index in [2.05, 4.69) is 0 Å². The van der Waals surface area contributed by atoms with Crippen LogP contribution in [0.1, 0.15) is 5.56 Å². The number of anilines is 1. The molecule has 0 aromatic heterocycles. The van der Waals surface area contributed by atoms with Crippen LogP contribution < -0.4 is 11.5 Å². The predicted octanol–water partition coefficient (Wildman–Crippen LogP) is 0.473. The number of phenols is 1. The second kappa shape index (κ2) is 3.62. The lowest BCUT2D eigenvalue weighted by Crippen LogP contribution is -2.05. The number of carbonyl (C=O) groups is 1. The molecule has 4 nitrogen and oxygen atoms in total. The molecule has 13 heavy (non-hydrogen) atoms. The number of hydrogen-bond acceptors (Lipinski definition) is 3. The molecule has 68 valence electrons. The summed E-state index contributed by atoms with van der Waals surface area (Å²) in [4.78, 5) is 10.4. The lowest BCUT2D eigenvalue weighted by atomic mass is 10.1. The molecule has 0 aliphatic rings. The third-order valence-corrected chi connectivity index (χ3v) is 1.48. The first-order chi connectivity index (χ1) is 6.09. The van der Waals surface area contributed by atoms with Crippen molar-refractivity contribution in [2.24, 2.45) is 5.73 Å². The summed E-state index contributed by atoms with van der Waals surface area (Å²) in [6.45, 7) is 0. The van der Waals surface area contributed by atoms with E-state index in [-0.39, 0.29) is 5.75 Å². The van der Waals surface area contributed by atoms with Crippen molar-refractivity contribution >= 4 is 17.7 Å². The molecule has 0 heterocycles. The first-order valence-corrected chi connectivity index (χ1v) is 3.65. The van der Waals surface area contributed by atoms with E-state index in [0.717, 1.165) is 0 Å². The maximum absolute atomic E-state index is 10.4. The molecule has 0 saturated heterocycles. The molecule has 0 spiro atoms. The van der Waals surface area contributed by atoms with Crippen LogP contribution in [0.5, 0.6) is 5.75 Å². The van der Waals surface area contributed by atoms with Crippen molar-refractivity contribution in [3.05, 3.63) is 29.8 Å². The summed E-state index contributed by atoms with van der Waals surface area (Å²) in [6.07, 6.45) is 2.60. The zero-order valence-corrected chi connectivity index (χ0v) is 6.90. The van der Waals surface area contributed by atoms with Gasteiger partial charge in [-0.15, -0.1) is 0 Å². The van der Waals surface area contributed by atoms with Crippen LogP contribution in [0.3, 0.4) is 0 Å². The van der Waals surface area contributed by atoms with E-state index in [4.69, 9.17) is 11.5 Å². The van der Waals surface area contributed by atoms with Crippen molar-refractivity contribution in [2.45, 2.75) is 0 Å². The fourth-order valence-corrected chi connectivity index (χ4v) is 0.874. The largest absolute Gasteiger partial charge is 0.507 e. The first kappa shape index (κ1) is 9.12.